The van der Waals surface area contributed by atoms with Gasteiger partial charge in [-0.2, -0.15) is 0 Å². The van der Waals surface area contributed by atoms with Gasteiger partial charge in [-0.1, -0.05) is 0 Å². The highest BCUT2D eigenvalue weighted by Gasteiger charge is 2.37. The second-order valence-corrected chi connectivity index (χ2v) is 5.07. The number of hydrogen-bond donors (Lipinski definition) is 2. The number of aliphatic carboxylic acids is 1. The lowest BCUT2D eigenvalue weighted by atomic mass is 10.1. The van der Waals surface area contributed by atoms with Crippen molar-refractivity contribution in [1.29, 1.82) is 0 Å². The van der Waals surface area contributed by atoms with Gasteiger partial charge in [0, 0.05) is 19.0 Å². The third kappa shape index (κ3) is 3.21. The fourth-order valence-electron chi connectivity index (χ4n) is 2.21. The number of hydrogen-bond acceptors (Lipinski definition) is 3. The van der Waals surface area contributed by atoms with Gasteiger partial charge in [0.05, 0.1) is 11.6 Å². The summed E-state index contributed by atoms with van der Waals surface area (Å²) >= 11 is 0. The van der Waals surface area contributed by atoms with E-state index in [9.17, 15) is 23.2 Å². The second kappa shape index (κ2) is 6.08. The van der Waals surface area contributed by atoms with Gasteiger partial charge in [0.2, 0.25) is 11.8 Å². The van der Waals surface area contributed by atoms with Gasteiger partial charge in [-0.05, 0) is 19.1 Å². The van der Waals surface area contributed by atoms with Crippen molar-refractivity contribution in [3.8, 4) is 0 Å². The monoisotopic (exact) mass is 312 g/mol. The molecule has 1 saturated heterocycles. The number of benzene rings is 1. The van der Waals surface area contributed by atoms with E-state index in [0.717, 1.165) is 17.0 Å². The van der Waals surface area contributed by atoms with Gasteiger partial charge >= 0.3 is 5.97 Å². The Bertz CT molecular complexity index is 635. The molecule has 0 spiro atoms. The molecule has 1 aromatic carbocycles. The molecule has 118 valence electrons. The molecule has 6 nitrogen and oxygen atoms in total. The Morgan fingerprint density at radius 2 is 2.09 bits per heavy atom. The van der Waals surface area contributed by atoms with Crippen molar-refractivity contribution in [2.24, 2.45) is 5.92 Å². The molecular formula is C14H14F2N2O4. The van der Waals surface area contributed by atoms with Crippen LogP contribution in [-0.4, -0.2) is 35.5 Å². The van der Waals surface area contributed by atoms with Crippen molar-refractivity contribution in [1.82, 2.24) is 5.32 Å². The zero-order chi connectivity index (χ0) is 16.4. The van der Waals surface area contributed by atoms with Gasteiger partial charge < -0.3 is 15.3 Å². The van der Waals surface area contributed by atoms with Crippen LogP contribution in [0.4, 0.5) is 14.5 Å². The van der Waals surface area contributed by atoms with Crippen LogP contribution in [0.1, 0.15) is 13.3 Å². The summed E-state index contributed by atoms with van der Waals surface area (Å²) < 4.78 is 26.6. The molecule has 1 unspecified atom stereocenters. The number of carbonyl (C=O) groups is 3. The molecule has 1 fully saturated rings. The molecule has 8 heteroatoms. The topological polar surface area (TPSA) is 86.7 Å². The Morgan fingerprint density at radius 3 is 2.68 bits per heavy atom. The molecular weight excluding hydrogens is 298 g/mol. The predicted octanol–water partition coefficient (Wildman–Crippen LogP) is 0.907. The average Bonchev–Trinajstić information content (AvgIpc) is 2.80. The fourth-order valence-corrected chi connectivity index (χ4v) is 2.21. The molecule has 2 atom stereocenters. The molecule has 0 aliphatic carbocycles. The van der Waals surface area contributed by atoms with Crippen LogP contribution in [0, 0.1) is 17.6 Å². The normalized spacial score (nSPS) is 19.1. The van der Waals surface area contributed by atoms with Gasteiger partial charge in [-0.15, -0.1) is 0 Å². The van der Waals surface area contributed by atoms with Crippen LogP contribution in [0.2, 0.25) is 0 Å². The maximum atomic E-state index is 13.7. The number of anilines is 1. The smallest absolute Gasteiger partial charge is 0.325 e. The first-order chi connectivity index (χ1) is 10.3. The summed E-state index contributed by atoms with van der Waals surface area (Å²) in [5.74, 6) is -4.70. The maximum Gasteiger partial charge on any atom is 0.325 e. The molecule has 1 heterocycles. The molecule has 22 heavy (non-hydrogen) atoms. The lowest BCUT2D eigenvalue weighted by Crippen LogP contribution is -2.42. The first kappa shape index (κ1) is 15.9. The molecule has 1 aliphatic heterocycles. The van der Waals surface area contributed by atoms with E-state index in [-0.39, 0.29) is 18.7 Å². The number of nitrogens with one attached hydrogen (secondary N) is 1. The van der Waals surface area contributed by atoms with Crippen molar-refractivity contribution in [3.63, 3.8) is 0 Å². The molecule has 2 N–H and O–H groups in total. The highest BCUT2D eigenvalue weighted by molar-refractivity contribution is 6.00. The Hall–Kier alpha value is -2.51. The van der Waals surface area contributed by atoms with Crippen LogP contribution in [0.25, 0.3) is 0 Å². The van der Waals surface area contributed by atoms with Crippen LogP contribution in [0.15, 0.2) is 18.2 Å². The Kier molecular flexibility index (Phi) is 4.39. The van der Waals surface area contributed by atoms with Gasteiger partial charge in [-0.3, -0.25) is 14.4 Å². The molecule has 0 radical (unpaired) electrons. The van der Waals surface area contributed by atoms with E-state index in [4.69, 9.17) is 5.11 Å². The Labute approximate surface area is 124 Å². The molecule has 0 bridgehead atoms. The summed E-state index contributed by atoms with van der Waals surface area (Å²) in [6, 6.07) is 1.72. The molecule has 0 saturated carbocycles. The number of halogens is 2. The number of carboxylic acids is 1. The largest absolute Gasteiger partial charge is 0.480 e. The van der Waals surface area contributed by atoms with Crippen LogP contribution in [0.3, 0.4) is 0 Å². The van der Waals surface area contributed by atoms with E-state index >= 15 is 0 Å². The van der Waals surface area contributed by atoms with E-state index < -0.39 is 41.4 Å². The summed E-state index contributed by atoms with van der Waals surface area (Å²) in [5.41, 5.74) is -0.104. The summed E-state index contributed by atoms with van der Waals surface area (Å²) in [6.45, 7) is 1.22. The lowest BCUT2D eigenvalue weighted by molar-refractivity contribution is -0.141. The molecule has 2 rings (SSSR count). The SMILES string of the molecule is C[C@@H](NC(=O)C1CC(=O)N(c2ccc(F)cc2F)C1)C(=O)O. The highest BCUT2D eigenvalue weighted by atomic mass is 19.1. The minimum Gasteiger partial charge on any atom is -0.480 e. The van der Waals surface area contributed by atoms with Gasteiger partial charge in [0.15, 0.2) is 0 Å². The molecule has 0 aromatic heterocycles. The van der Waals surface area contributed by atoms with Crippen LogP contribution >= 0.6 is 0 Å². The quantitative estimate of drug-likeness (QED) is 0.865. The number of amides is 2. The van der Waals surface area contributed by atoms with E-state index in [0.29, 0.717) is 6.07 Å². The summed E-state index contributed by atoms with van der Waals surface area (Å²) in [5, 5.41) is 11.0. The minimum atomic E-state index is -1.20. The maximum absolute atomic E-state index is 13.7. The van der Waals surface area contributed by atoms with Crippen molar-refractivity contribution in [2.45, 2.75) is 19.4 Å². The first-order valence-electron chi connectivity index (χ1n) is 6.58. The lowest BCUT2D eigenvalue weighted by Gasteiger charge is -2.18. The van der Waals surface area contributed by atoms with Gasteiger partial charge in [0.25, 0.3) is 0 Å². The number of carboxylic acid groups (broad SMARTS) is 1. The molecule has 1 aromatic rings. The van der Waals surface area contributed by atoms with Crippen molar-refractivity contribution in [2.75, 3.05) is 11.4 Å². The van der Waals surface area contributed by atoms with E-state index in [1.807, 2.05) is 0 Å². The molecule has 1 aliphatic rings. The van der Waals surface area contributed by atoms with E-state index in [1.54, 1.807) is 0 Å². The Morgan fingerprint density at radius 1 is 1.41 bits per heavy atom. The number of nitrogens with zero attached hydrogens (tertiary/aromatic N) is 1. The number of rotatable bonds is 4. The highest BCUT2D eigenvalue weighted by Crippen LogP contribution is 2.28. The van der Waals surface area contributed by atoms with Crippen LogP contribution in [-0.2, 0) is 14.4 Å². The summed E-state index contributed by atoms with van der Waals surface area (Å²) in [7, 11) is 0. The standard InChI is InChI=1S/C14H14F2N2O4/c1-7(14(21)22)17-13(20)8-4-12(19)18(6-8)11-3-2-9(15)5-10(11)16/h2-3,5,7-8H,4,6H2,1H3,(H,17,20)(H,21,22)/t7-,8?/m1/s1. The third-order valence-corrected chi connectivity index (χ3v) is 3.43. The number of carbonyl (C=O) groups excluding carboxylic acids is 2. The first-order valence-corrected chi connectivity index (χ1v) is 6.58. The molecule has 2 amide bonds. The van der Waals surface area contributed by atoms with Gasteiger partial charge in [0.1, 0.15) is 17.7 Å². The van der Waals surface area contributed by atoms with E-state index in [2.05, 4.69) is 5.32 Å². The van der Waals surface area contributed by atoms with Gasteiger partial charge in [-0.25, -0.2) is 8.78 Å². The van der Waals surface area contributed by atoms with Crippen LogP contribution in [0.5, 0.6) is 0 Å². The third-order valence-electron chi connectivity index (χ3n) is 3.43. The van der Waals surface area contributed by atoms with Crippen molar-refractivity contribution in [3.05, 3.63) is 29.8 Å². The minimum absolute atomic E-state index is 0.0838. The average molecular weight is 312 g/mol. The Balaban J connectivity index is 2.10. The predicted molar refractivity (Wildman–Crippen MR) is 72.1 cm³/mol. The fraction of sp³-hybridized carbons (Fsp3) is 0.357. The second-order valence-electron chi connectivity index (χ2n) is 5.07. The van der Waals surface area contributed by atoms with Crippen molar-refractivity contribution < 1.29 is 28.3 Å². The summed E-state index contributed by atoms with van der Waals surface area (Å²) in [6.07, 6.45) is -0.158. The zero-order valence-corrected chi connectivity index (χ0v) is 11.7. The van der Waals surface area contributed by atoms with E-state index in [1.165, 1.54) is 6.92 Å². The zero-order valence-electron chi connectivity index (χ0n) is 11.7. The summed E-state index contributed by atoms with van der Waals surface area (Å²) in [4.78, 5) is 35.6. The van der Waals surface area contributed by atoms with Crippen LogP contribution < -0.4 is 10.2 Å². The van der Waals surface area contributed by atoms with Crippen molar-refractivity contribution >= 4 is 23.5 Å².